The van der Waals surface area contributed by atoms with Crippen LogP contribution >= 0.6 is 23.2 Å². The quantitative estimate of drug-likeness (QED) is 0.247. The summed E-state index contributed by atoms with van der Waals surface area (Å²) in [6.45, 7) is 4.40. The molecular weight excluding hydrogens is 453 g/mol. The molecule has 1 N–H and O–H groups in total. The molecule has 0 radical (unpaired) electrons. The van der Waals surface area contributed by atoms with Crippen molar-refractivity contribution in [2.24, 2.45) is 0 Å². The molecule has 4 nitrogen and oxygen atoms in total. The van der Waals surface area contributed by atoms with E-state index in [-0.39, 0.29) is 5.57 Å². The summed E-state index contributed by atoms with van der Waals surface area (Å²) in [6, 6.07) is 21.1. The fourth-order valence-electron chi connectivity index (χ4n) is 3.72. The minimum atomic E-state index is -0.441. The van der Waals surface area contributed by atoms with Gasteiger partial charge in [0.1, 0.15) is 11.6 Å². The molecule has 6 heteroatoms. The van der Waals surface area contributed by atoms with Gasteiger partial charge in [-0.25, -0.2) is 0 Å². The zero-order valence-electron chi connectivity index (χ0n) is 18.2. The lowest BCUT2D eigenvalue weighted by Crippen LogP contribution is -2.14. The maximum atomic E-state index is 12.9. The van der Waals surface area contributed by atoms with E-state index in [1.165, 1.54) is 0 Å². The number of carbonyl (C=O) groups is 1. The van der Waals surface area contributed by atoms with Crippen molar-refractivity contribution in [3.8, 4) is 6.07 Å². The van der Waals surface area contributed by atoms with Crippen molar-refractivity contribution in [1.29, 1.82) is 5.26 Å². The van der Waals surface area contributed by atoms with Crippen LogP contribution in [0.3, 0.4) is 0 Å². The lowest BCUT2D eigenvalue weighted by molar-refractivity contribution is -0.112. The van der Waals surface area contributed by atoms with Gasteiger partial charge in [-0.2, -0.15) is 5.26 Å². The van der Waals surface area contributed by atoms with Crippen LogP contribution in [0.1, 0.15) is 22.3 Å². The Kier molecular flexibility index (Phi) is 6.55. The summed E-state index contributed by atoms with van der Waals surface area (Å²) in [7, 11) is 0. The smallest absolute Gasteiger partial charge is 0.266 e. The van der Waals surface area contributed by atoms with Crippen molar-refractivity contribution in [1.82, 2.24) is 4.57 Å². The number of para-hydroxylation sites is 1. The van der Waals surface area contributed by atoms with E-state index in [4.69, 9.17) is 23.2 Å². The fraction of sp³-hybridized carbons (Fsp3) is 0.111. The van der Waals surface area contributed by atoms with Gasteiger partial charge in [0.15, 0.2) is 0 Å². The highest BCUT2D eigenvalue weighted by Gasteiger charge is 2.14. The number of amides is 1. The van der Waals surface area contributed by atoms with E-state index < -0.39 is 5.91 Å². The number of fused-ring (bicyclic) bond motifs is 1. The van der Waals surface area contributed by atoms with E-state index >= 15 is 0 Å². The summed E-state index contributed by atoms with van der Waals surface area (Å²) in [4.78, 5) is 12.9. The van der Waals surface area contributed by atoms with Crippen LogP contribution in [0, 0.1) is 25.2 Å². The normalized spacial score (nSPS) is 11.4. The van der Waals surface area contributed by atoms with Gasteiger partial charge in [0.2, 0.25) is 0 Å². The Morgan fingerprint density at radius 1 is 1.09 bits per heavy atom. The number of hydrogen-bond donors (Lipinski definition) is 1. The second-order valence-corrected chi connectivity index (χ2v) is 8.75. The summed E-state index contributed by atoms with van der Waals surface area (Å²) >= 11 is 12.4. The topological polar surface area (TPSA) is 57.8 Å². The zero-order valence-corrected chi connectivity index (χ0v) is 19.7. The van der Waals surface area contributed by atoms with Gasteiger partial charge in [-0.15, -0.1) is 0 Å². The van der Waals surface area contributed by atoms with Crippen LogP contribution in [-0.2, 0) is 11.3 Å². The molecule has 0 aliphatic carbocycles. The number of hydrogen-bond acceptors (Lipinski definition) is 2. The molecule has 0 spiro atoms. The van der Waals surface area contributed by atoms with Crippen molar-refractivity contribution in [2.75, 3.05) is 5.32 Å². The number of nitrogens with one attached hydrogen (secondary N) is 1. The molecule has 1 heterocycles. The van der Waals surface area contributed by atoms with Gasteiger partial charge in [-0.1, -0.05) is 59.6 Å². The SMILES string of the molecule is Cc1ccc(C)c(NC(=O)/C(C#N)=C\c2cn(Cc3ccc(Cl)cc3Cl)c3ccccc23)c1. The fourth-order valence-corrected chi connectivity index (χ4v) is 4.19. The van der Waals surface area contributed by atoms with Crippen molar-refractivity contribution < 1.29 is 4.79 Å². The van der Waals surface area contributed by atoms with Gasteiger partial charge in [0.05, 0.1) is 0 Å². The standard InChI is InChI=1S/C27H21Cl2N3O/c1-17-7-8-18(2)25(11-17)31-27(33)20(14-30)12-21-16-32(26-6-4-3-5-23(21)26)15-19-9-10-22(28)13-24(19)29/h3-13,16H,15H2,1-2H3,(H,31,33)/b20-12-. The summed E-state index contributed by atoms with van der Waals surface area (Å²) in [6.07, 6.45) is 3.56. The summed E-state index contributed by atoms with van der Waals surface area (Å²) in [5.74, 6) is -0.441. The molecule has 0 aliphatic rings. The molecule has 0 fully saturated rings. The molecule has 0 saturated heterocycles. The molecule has 0 saturated carbocycles. The Bertz CT molecular complexity index is 1440. The molecule has 0 atom stereocenters. The monoisotopic (exact) mass is 473 g/mol. The van der Waals surface area contributed by atoms with Gasteiger partial charge < -0.3 is 9.88 Å². The highest BCUT2D eigenvalue weighted by atomic mass is 35.5. The number of rotatable bonds is 5. The number of anilines is 1. The Labute approximate surface area is 202 Å². The number of nitriles is 1. The van der Waals surface area contributed by atoms with Crippen LogP contribution in [0.25, 0.3) is 17.0 Å². The van der Waals surface area contributed by atoms with Crippen LogP contribution in [0.4, 0.5) is 5.69 Å². The predicted molar refractivity (Wildman–Crippen MR) is 136 cm³/mol. The number of carbonyl (C=O) groups excluding carboxylic acids is 1. The molecule has 4 rings (SSSR count). The van der Waals surface area contributed by atoms with Crippen LogP contribution in [0.2, 0.25) is 10.0 Å². The van der Waals surface area contributed by atoms with E-state index in [0.29, 0.717) is 22.3 Å². The van der Waals surface area contributed by atoms with E-state index in [1.54, 1.807) is 18.2 Å². The first-order valence-electron chi connectivity index (χ1n) is 10.4. The molecule has 0 aliphatic heterocycles. The second-order valence-electron chi connectivity index (χ2n) is 7.91. The molecule has 1 aromatic heterocycles. The third kappa shape index (κ3) is 4.96. The van der Waals surface area contributed by atoms with Crippen LogP contribution in [0.15, 0.2) is 72.4 Å². The summed E-state index contributed by atoms with van der Waals surface area (Å²) < 4.78 is 2.05. The van der Waals surface area contributed by atoms with Gasteiger partial charge in [0.25, 0.3) is 5.91 Å². The predicted octanol–water partition coefficient (Wildman–Crippen LogP) is 7.16. The number of halogens is 2. The third-order valence-corrected chi connectivity index (χ3v) is 6.07. The second kappa shape index (κ2) is 9.54. The molecule has 33 heavy (non-hydrogen) atoms. The molecule has 164 valence electrons. The third-order valence-electron chi connectivity index (χ3n) is 5.48. The first-order chi connectivity index (χ1) is 15.9. The Balaban J connectivity index is 1.70. The summed E-state index contributed by atoms with van der Waals surface area (Å²) in [5, 5.41) is 14.7. The van der Waals surface area contributed by atoms with Crippen LogP contribution in [-0.4, -0.2) is 10.5 Å². The molecule has 4 aromatic rings. The highest BCUT2D eigenvalue weighted by molar-refractivity contribution is 6.35. The van der Waals surface area contributed by atoms with Gasteiger partial charge >= 0.3 is 0 Å². The van der Waals surface area contributed by atoms with Gasteiger partial charge in [-0.3, -0.25) is 4.79 Å². The van der Waals surface area contributed by atoms with E-state index in [0.717, 1.165) is 33.2 Å². The average Bonchev–Trinajstić information content (AvgIpc) is 3.13. The Morgan fingerprint density at radius 2 is 1.88 bits per heavy atom. The number of aryl methyl sites for hydroxylation is 2. The summed E-state index contributed by atoms with van der Waals surface area (Å²) in [5.41, 5.74) is 5.37. The molecule has 3 aromatic carbocycles. The maximum absolute atomic E-state index is 12.9. The maximum Gasteiger partial charge on any atom is 0.266 e. The van der Waals surface area contributed by atoms with Gasteiger partial charge in [0, 0.05) is 44.9 Å². The number of nitrogens with zero attached hydrogens (tertiary/aromatic N) is 2. The molecule has 1 amide bonds. The van der Waals surface area contributed by atoms with Crippen molar-refractivity contribution >= 4 is 51.8 Å². The molecule has 0 bridgehead atoms. The van der Waals surface area contributed by atoms with Crippen molar-refractivity contribution in [3.63, 3.8) is 0 Å². The largest absolute Gasteiger partial charge is 0.342 e. The first kappa shape index (κ1) is 22.7. The van der Waals surface area contributed by atoms with Crippen molar-refractivity contribution in [2.45, 2.75) is 20.4 Å². The lowest BCUT2D eigenvalue weighted by Gasteiger charge is -2.08. The van der Waals surface area contributed by atoms with E-state index in [2.05, 4.69) is 5.32 Å². The lowest BCUT2D eigenvalue weighted by atomic mass is 10.1. The number of benzene rings is 3. The van der Waals surface area contributed by atoms with Gasteiger partial charge in [-0.05, 0) is 60.9 Å². The highest BCUT2D eigenvalue weighted by Crippen LogP contribution is 2.28. The minimum Gasteiger partial charge on any atom is -0.342 e. The van der Waals surface area contributed by atoms with Crippen molar-refractivity contribution in [3.05, 3.63) is 105 Å². The number of aromatic nitrogens is 1. The Hall–Kier alpha value is -3.52. The molecule has 0 unspecified atom stereocenters. The minimum absolute atomic E-state index is 0.0309. The van der Waals surface area contributed by atoms with E-state index in [9.17, 15) is 10.1 Å². The van der Waals surface area contributed by atoms with Crippen LogP contribution < -0.4 is 5.32 Å². The Morgan fingerprint density at radius 3 is 2.64 bits per heavy atom. The first-order valence-corrected chi connectivity index (χ1v) is 11.1. The average molecular weight is 474 g/mol. The van der Waals surface area contributed by atoms with Crippen LogP contribution in [0.5, 0.6) is 0 Å². The van der Waals surface area contributed by atoms with E-state index in [1.807, 2.05) is 79.2 Å². The molecular formula is C27H21Cl2N3O. The zero-order chi connectivity index (χ0) is 23.5.